The minimum Gasteiger partial charge on any atom is -0.381 e. The molecule has 138 valence electrons. The Hall–Kier alpha value is -2.81. The zero-order valence-corrected chi connectivity index (χ0v) is 15.0. The lowest BCUT2D eigenvalue weighted by Crippen LogP contribution is -2.32. The third-order valence-corrected chi connectivity index (χ3v) is 4.36. The maximum Gasteiger partial charge on any atom is 0.257 e. The number of nitrogens with two attached hydrogens (primary N) is 1. The maximum absolute atomic E-state index is 12.5. The Morgan fingerprint density at radius 3 is 3.00 bits per heavy atom. The number of nitrogen functional groups attached to an aromatic ring is 1. The summed E-state index contributed by atoms with van der Waals surface area (Å²) in [5, 5.41) is 3.23. The van der Waals surface area contributed by atoms with Gasteiger partial charge < -0.3 is 20.7 Å². The molecule has 0 spiro atoms. The van der Waals surface area contributed by atoms with Gasteiger partial charge in [-0.3, -0.25) is 4.79 Å². The van der Waals surface area contributed by atoms with Crippen LogP contribution in [-0.4, -0.2) is 64.1 Å². The van der Waals surface area contributed by atoms with Crippen molar-refractivity contribution in [3.8, 4) is 0 Å². The lowest BCUT2D eigenvalue weighted by molar-refractivity contribution is 0.0798. The number of rotatable bonds is 6. The number of carbonyl (C=O) groups is 1. The molecule has 0 bridgehead atoms. The molecule has 3 N–H and O–H groups in total. The number of aromatic nitrogens is 4. The number of anilines is 2. The minimum atomic E-state index is -0.143. The Labute approximate surface area is 152 Å². The van der Waals surface area contributed by atoms with Crippen molar-refractivity contribution in [1.29, 1.82) is 0 Å². The average molecular weight is 357 g/mol. The van der Waals surface area contributed by atoms with E-state index < -0.39 is 0 Å². The molecule has 1 saturated heterocycles. The normalized spacial score (nSPS) is 16.5. The second-order valence-electron chi connectivity index (χ2n) is 6.27. The molecule has 1 aliphatic heterocycles. The lowest BCUT2D eigenvalue weighted by Gasteiger charge is -2.18. The third-order valence-electron chi connectivity index (χ3n) is 4.36. The largest absolute Gasteiger partial charge is 0.381 e. The molecule has 1 aliphatic rings. The molecule has 2 aromatic rings. The van der Waals surface area contributed by atoms with Crippen LogP contribution in [0.1, 0.15) is 34.1 Å². The minimum absolute atomic E-state index is 0.143. The van der Waals surface area contributed by atoms with Gasteiger partial charge in [-0.15, -0.1) is 0 Å². The molecule has 3 rings (SSSR count). The van der Waals surface area contributed by atoms with E-state index in [-0.39, 0.29) is 11.9 Å². The predicted octanol–water partition coefficient (Wildman–Crippen LogP) is 0.845. The highest BCUT2D eigenvalue weighted by Crippen LogP contribution is 2.24. The van der Waals surface area contributed by atoms with E-state index in [0.29, 0.717) is 36.9 Å². The fourth-order valence-electron chi connectivity index (χ4n) is 2.81. The van der Waals surface area contributed by atoms with E-state index in [1.165, 1.54) is 6.20 Å². The number of carbonyl (C=O) groups excluding carboxylic acids is 1. The molecule has 1 amide bonds. The third kappa shape index (κ3) is 4.23. The van der Waals surface area contributed by atoms with E-state index in [9.17, 15) is 4.79 Å². The van der Waals surface area contributed by atoms with Crippen LogP contribution in [0.2, 0.25) is 0 Å². The molecule has 9 nitrogen and oxygen atoms in total. The first kappa shape index (κ1) is 18.0. The molecular weight excluding hydrogens is 334 g/mol. The SMILES string of the molecule is Cc1nc(N)ncc1C(=O)N(C)CCNc1cc(C2CCOC2)ncn1. The molecule has 0 saturated carbocycles. The molecule has 1 atom stereocenters. The van der Waals surface area contributed by atoms with Gasteiger partial charge in [-0.25, -0.2) is 19.9 Å². The summed E-state index contributed by atoms with van der Waals surface area (Å²) < 4.78 is 5.41. The van der Waals surface area contributed by atoms with E-state index in [0.717, 1.165) is 24.5 Å². The maximum atomic E-state index is 12.5. The van der Waals surface area contributed by atoms with Gasteiger partial charge in [-0.05, 0) is 13.3 Å². The molecule has 1 fully saturated rings. The van der Waals surface area contributed by atoms with E-state index in [1.54, 1.807) is 25.2 Å². The van der Waals surface area contributed by atoms with Gasteiger partial charge >= 0.3 is 0 Å². The van der Waals surface area contributed by atoms with Crippen molar-refractivity contribution in [3.05, 3.63) is 35.5 Å². The van der Waals surface area contributed by atoms with Crippen LogP contribution in [0, 0.1) is 6.92 Å². The summed E-state index contributed by atoms with van der Waals surface area (Å²) in [6.45, 7) is 4.30. The van der Waals surface area contributed by atoms with E-state index in [4.69, 9.17) is 10.5 Å². The smallest absolute Gasteiger partial charge is 0.257 e. The molecular formula is C17H23N7O2. The number of likely N-dealkylation sites (N-methyl/N-ethyl adjacent to an activating group) is 1. The fourth-order valence-corrected chi connectivity index (χ4v) is 2.81. The number of aryl methyl sites for hydroxylation is 1. The predicted molar refractivity (Wildman–Crippen MR) is 96.8 cm³/mol. The first-order chi connectivity index (χ1) is 12.5. The van der Waals surface area contributed by atoms with Gasteiger partial charge in [0.1, 0.15) is 12.1 Å². The Balaban J connectivity index is 1.54. The molecule has 9 heteroatoms. The number of ether oxygens (including phenoxy) is 1. The number of amides is 1. The first-order valence-corrected chi connectivity index (χ1v) is 8.52. The summed E-state index contributed by atoms with van der Waals surface area (Å²) in [7, 11) is 1.74. The number of nitrogens with zero attached hydrogens (tertiary/aromatic N) is 5. The second kappa shape index (κ2) is 8.05. The Bertz CT molecular complexity index is 777. The Kier molecular flexibility index (Phi) is 5.57. The second-order valence-corrected chi connectivity index (χ2v) is 6.27. The lowest BCUT2D eigenvalue weighted by atomic mass is 10.1. The van der Waals surface area contributed by atoms with Crippen molar-refractivity contribution >= 4 is 17.7 Å². The molecule has 2 aromatic heterocycles. The molecule has 0 aromatic carbocycles. The summed E-state index contributed by atoms with van der Waals surface area (Å²) in [5.74, 6) is 1.09. The number of hydrogen-bond acceptors (Lipinski definition) is 8. The highest BCUT2D eigenvalue weighted by molar-refractivity contribution is 5.94. The van der Waals surface area contributed by atoms with Crippen molar-refractivity contribution < 1.29 is 9.53 Å². The van der Waals surface area contributed by atoms with Crippen LogP contribution in [0.4, 0.5) is 11.8 Å². The monoisotopic (exact) mass is 357 g/mol. The van der Waals surface area contributed by atoms with Crippen molar-refractivity contribution in [2.75, 3.05) is 44.4 Å². The summed E-state index contributed by atoms with van der Waals surface area (Å²) >= 11 is 0. The zero-order valence-electron chi connectivity index (χ0n) is 15.0. The van der Waals surface area contributed by atoms with Gasteiger partial charge in [0.05, 0.1) is 23.6 Å². The van der Waals surface area contributed by atoms with Crippen LogP contribution in [0.3, 0.4) is 0 Å². The van der Waals surface area contributed by atoms with Gasteiger partial charge in [-0.1, -0.05) is 0 Å². The van der Waals surface area contributed by atoms with Crippen LogP contribution in [0.5, 0.6) is 0 Å². The summed E-state index contributed by atoms with van der Waals surface area (Å²) in [6.07, 6.45) is 4.00. The van der Waals surface area contributed by atoms with Crippen LogP contribution in [0.25, 0.3) is 0 Å². The zero-order chi connectivity index (χ0) is 18.5. The van der Waals surface area contributed by atoms with Crippen molar-refractivity contribution in [1.82, 2.24) is 24.8 Å². The molecule has 3 heterocycles. The average Bonchev–Trinajstić information content (AvgIpc) is 3.16. The van der Waals surface area contributed by atoms with Gasteiger partial charge in [0.15, 0.2) is 0 Å². The van der Waals surface area contributed by atoms with E-state index >= 15 is 0 Å². The van der Waals surface area contributed by atoms with Crippen LogP contribution < -0.4 is 11.1 Å². The number of hydrogen-bond donors (Lipinski definition) is 2. The molecule has 0 radical (unpaired) electrons. The van der Waals surface area contributed by atoms with Crippen LogP contribution in [-0.2, 0) is 4.74 Å². The van der Waals surface area contributed by atoms with Crippen molar-refractivity contribution in [2.24, 2.45) is 0 Å². The molecule has 1 unspecified atom stereocenters. The quantitative estimate of drug-likeness (QED) is 0.781. The summed E-state index contributed by atoms with van der Waals surface area (Å²) in [4.78, 5) is 30.6. The molecule has 26 heavy (non-hydrogen) atoms. The highest BCUT2D eigenvalue weighted by Gasteiger charge is 2.19. The highest BCUT2D eigenvalue weighted by atomic mass is 16.5. The fraction of sp³-hybridized carbons (Fsp3) is 0.471. The van der Waals surface area contributed by atoms with E-state index in [2.05, 4.69) is 25.3 Å². The molecule has 0 aliphatic carbocycles. The number of nitrogens with one attached hydrogen (secondary N) is 1. The van der Waals surface area contributed by atoms with Gasteiger partial charge in [0, 0.05) is 44.9 Å². The summed E-state index contributed by atoms with van der Waals surface area (Å²) in [6, 6.07) is 1.94. The van der Waals surface area contributed by atoms with Gasteiger partial charge in [-0.2, -0.15) is 0 Å². The topological polar surface area (TPSA) is 119 Å². The standard InChI is InChI=1S/C17H23N7O2/c1-11-13(8-20-17(18)23-11)16(25)24(2)5-4-19-15-7-14(21-10-22-15)12-3-6-26-9-12/h7-8,10,12H,3-6,9H2,1-2H3,(H2,18,20,23)(H,19,21,22). The van der Waals surface area contributed by atoms with Gasteiger partial charge in [0.2, 0.25) is 5.95 Å². The van der Waals surface area contributed by atoms with Crippen molar-refractivity contribution in [3.63, 3.8) is 0 Å². The van der Waals surface area contributed by atoms with Gasteiger partial charge in [0.25, 0.3) is 5.91 Å². The van der Waals surface area contributed by atoms with Crippen LogP contribution >= 0.6 is 0 Å². The van der Waals surface area contributed by atoms with Crippen LogP contribution in [0.15, 0.2) is 18.6 Å². The van der Waals surface area contributed by atoms with Crippen molar-refractivity contribution in [2.45, 2.75) is 19.3 Å². The Morgan fingerprint density at radius 1 is 1.42 bits per heavy atom. The summed E-state index contributed by atoms with van der Waals surface area (Å²) in [5.41, 5.74) is 7.54. The first-order valence-electron chi connectivity index (χ1n) is 8.52. The van der Waals surface area contributed by atoms with E-state index in [1.807, 2.05) is 6.07 Å². The Morgan fingerprint density at radius 2 is 2.27 bits per heavy atom.